The predicted molar refractivity (Wildman–Crippen MR) is 98.0 cm³/mol. The summed E-state index contributed by atoms with van der Waals surface area (Å²) >= 11 is 0. The van der Waals surface area contributed by atoms with Crippen molar-refractivity contribution in [3.63, 3.8) is 0 Å². The first kappa shape index (κ1) is 15.8. The van der Waals surface area contributed by atoms with E-state index in [-0.39, 0.29) is 11.3 Å². The Kier molecular flexibility index (Phi) is 3.81. The number of H-pyrrole nitrogens is 1. The van der Waals surface area contributed by atoms with Crippen molar-refractivity contribution in [3.8, 4) is 17.1 Å². The maximum absolute atomic E-state index is 11.8. The van der Waals surface area contributed by atoms with Crippen molar-refractivity contribution in [1.82, 2.24) is 15.0 Å². The Morgan fingerprint density at radius 2 is 2.15 bits per heavy atom. The number of rotatable bonds is 3. The van der Waals surface area contributed by atoms with Crippen LogP contribution in [0.3, 0.4) is 0 Å². The van der Waals surface area contributed by atoms with Gasteiger partial charge < -0.3 is 14.5 Å². The fourth-order valence-electron chi connectivity index (χ4n) is 2.58. The van der Waals surface area contributed by atoms with Crippen molar-refractivity contribution in [2.45, 2.75) is 6.92 Å². The fraction of sp³-hybridized carbons (Fsp3) is 0.0526. The summed E-state index contributed by atoms with van der Waals surface area (Å²) in [7, 11) is 0. The molecule has 0 radical (unpaired) electrons. The van der Waals surface area contributed by atoms with Gasteiger partial charge in [0.25, 0.3) is 0 Å². The van der Waals surface area contributed by atoms with E-state index in [1.807, 2.05) is 24.3 Å². The van der Waals surface area contributed by atoms with Crippen LogP contribution in [0.25, 0.3) is 22.4 Å². The number of fused-ring (bicyclic) bond motifs is 1. The molecule has 3 heterocycles. The fourth-order valence-corrected chi connectivity index (χ4v) is 2.58. The zero-order valence-corrected chi connectivity index (χ0v) is 13.8. The summed E-state index contributed by atoms with van der Waals surface area (Å²) < 4.78 is 4.97. The minimum Gasteiger partial charge on any atom is -0.507 e. The van der Waals surface area contributed by atoms with Gasteiger partial charge in [0.15, 0.2) is 0 Å². The molecule has 0 bridgehead atoms. The van der Waals surface area contributed by atoms with Gasteiger partial charge >= 0.3 is 5.63 Å². The lowest BCUT2D eigenvalue weighted by atomic mass is 10.2. The van der Waals surface area contributed by atoms with Crippen LogP contribution in [-0.2, 0) is 0 Å². The number of aromatic hydroxyl groups is 1. The molecule has 0 spiro atoms. The van der Waals surface area contributed by atoms with E-state index in [2.05, 4.69) is 19.9 Å². The topological polar surface area (TPSA) is 104 Å². The van der Waals surface area contributed by atoms with E-state index in [0.717, 1.165) is 16.6 Å². The second-order valence-corrected chi connectivity index (χ2v) is 5.73. The second-order valence-electron chi connectivity index (χ2n) is 5.73. The van der Waals surface area contributed by atoms with Gasteiger partial charge in [0, 0.05) is 30.2 Å². The van der Waals surface area contributed by atoms with Crippen LogP contribution in [0.5, 0.6) is 5.75 Å². The number of benzene rings is 1. The summed E-state index contributed by atoms with van der Waals surface area (Å²) in [5, 5.41) is 9.88. The molecule has 4 rings (SSSR count). The van der Waals surface area contributed by atoms with Crippen molar-refractivity contribution in [2.24, 2.45) is 4.99 Å². The molecule has 26 heavy (non-hydrogen) atoms. The maximum Gasteiger partial charge on any atom is 0.348 e. The molecule has 1 aromatic carbocycles. The SMILES string of the molecule is Cc1cc(O)c(C=Nc2ccc3nc(-c4cccnc4)[nH]c3c2)c(=O)o1. The summed E-state index contributed by atoms with van der Waals surface area (Å²) in [4.78, 5) is 27.9. The lowest BCUT2D eigenvalue weighted by Crippen LogP contribution is -2.07. The Bertz CT molecular complexity index is 1180. The number of nitrogens with one attached hydrogen (secondary N) is 1. The van der Waals surface area contributed by atoms with Crippen molar-refractivity contribution >= 4 is 22.9 Å². The number of aryl methyl sites for hydroxylation is 1. The number of hydrogen-bond acceptors (Lipinski definition) is 6. The molecule has 0 unspecified atom stereocenters. The molecule has 0 aliphatic heterocycles. The third-order valence-electron chi connectivity index (χ3n) is 3.83. The number of aromatic amines is 1. The molecule has 0 saturated carbocycles. The standard InChI is InChI=1S/C19H14N4O3/c1-11-7-17(24)14(19(25)26-11)10-21-13-4-5-15-16(8-13)23-18(22-15)12-3-2-6-20-9-12/h2-10,24H,1H3,(H,22,23). The number of aliphatic imine (C=N–C) groups is 1. The van der Waals surface area contributed by atoms with Crippen LogP contribution >= 0.6 is 0 Å². The Hall–Kier alpha value is -3.74. The zero-order valence-electron chi connectivity index (χ0n) is 13.8. The van der Waals surface area contributed by atoms with E-state index in [1.165, 1.54) is 12.3 Å². The van der Waals surface area contributed by atoms with E-state index >= 15 is 0 Å². The van der Waals surface area contributed by atoms with E-state index in [4.69, 9.17) is 4.42 Å². The van der Waals surface area contributed by atoms with Crippen LogP contribution in [-0.4, -0.2) is 26.3 Å². The molecule has 0 atom stereocenters. The third kappa shape index (κ3) is 2.98. The summed E-state index contributed by atoms with van der Waals surface area (Å²) in [6, 6.07) is 10.6. The first-order valence-corrected chi connectivity index (χ1v) is 7.88. The molecule has 4 aromatic rings. The minimum absolute atomic E-state index is 0.0105. The minimum atomic E-state index is -0.632. The van der Waals surface area contributed by atoms with Gasteiger partial charge in [0.05, 0.1) is 16.7 Å². The zero-order chi connectivity index (χ0) is 18.1. The van der Waals surface area contributed by atoms with E-state index in [9.17, 15) is 9.90 Å². The molecule has 7 nitrogen and oxygen atoms in total. The average molecular weight is 346 g/mol. The first-order chi connectivity index (χ1) is 12.6. The third-order valence-corrected chi connectivity index (χ3v) is 3.83. The highest BCUT2D eigenvalue weighted by molar-refractivity contribution is 5.87. The molecular formula is C19H14N4O3. The van der Waals surface area contributed by atoms with Gasteiger partial charge in [0.2, 0.25) is 0 Å². The predicted octanol–water partition coefficient (Wildman–Crippen LogP) is 3.34. The molecular weight excluding hydrogens is 332 g/mol. The van der Waals surface area contributed by atoms with Gasteiger partial charge in [-0.05, 0) is 37.3 Å². The largest absolute Gasteiger partial charge is 0.507 e. The highest BCUT2D eigenvalue weighted by Gasteiger charge is 2.08. The molecule has 2 N–H and O–H groups in total. The van der Waals surface area contributed by atoms with Crippen LogP contribution in [0.15, 0.2) is 63.0 Å². The van der Waals surface area contributed by atoms with Gasteiger partial charge in [-0.2, -0.15) is 0 Å². The summed E-state index contributed by atoms with van der Waals surface area (Å²) in [6.45, 7) is 1.59. The quantitative estimate of drug-likeness (QED) is 0.554. The van der Waals surface area contributed by atoms with Gasteiger partial charge in [-0.15, -0.1) is 0 Å². The first-order valence-electron chi connectivity index (χ1n) is 7.88. The molecule has 0 aliphatic rings. The second kappa shape index (κ2) is 6.29. The number of hydrogen-bond donors (Lipinski definition) is 2. The summed E-state index contributed by atoms with van der Waals surface area (Å²) in [5.41, 5.74) is 2.47. The lowest BCUT2D eigenvalue weighted by Gasteiger charge is -1.98. The van der Waals surface area contributed by atoms with Crippen molar-refractivity contribution in [1.29, 1.82) is 0 Å². The molecule has 0 fully saturated rings. The Balaban J connectivity index is 1.69. The molecule has 128 valence electrons. The number of pyridine rings is 1. The van der Waals surface area contributed by atoms with E-state index in [1.54, 1.807) is 25.4 Å². The van der Waals surface area contributed by atoms with Crippen LogP contribution in [0.4, 0.5) is 5.69 Å². The van der Waals surface area contributed by atoms with Crippen LogP contribution in [0.2, 0.25) is 0 Å². The smallest absolute Gasteiger partial charge is 0.348 e. The molecule has 3 aromatic heterocycles. The molecule has 0 saturated heterocycles. The normalized spacial score (nSPS) is 11.4. The van der Waals surface area contributed by atoms with Gasteiger partial charge in [0.1, 0.15) is 22.9 Å². The summed E-state index contributed by atoms with van der Waals surface area (Å²) in [5.74, 6) is 0.890. The highest BCUT2D eigenvalue weighted by atomic mass is 16.4. The van der Waals surface area contributed by atoms with Crippen LogP contribution in [0.1, 0.15) is 11.3 Å². The highest BCUT2D eigenvalue weighted by Crippen LogP contribution is 2.24. The molecule has 7 heteroatoms. The van der Waals surface area contributed by atoms with E-state index < -0.39 is 5.63 Å². The van der Waals surface area contributed by atoms with Gasteiger partial charge in [-0.3, -0.25) is 9.98 Å². The number of nitrogens with zero attached hydrogens (tertiary/aromatic N) is 3. The van der Waals surface area contributed by atoms with E-state index in [0.29, 0.717) is 17.3 Å². The summed E-state index contributed by atoms with van der Waals surface area (Å²) in [6.07, 6.45) is 4.73. The number of imidazole rings is 1. The number of aromatic nitrogens is 3. The Morgan fingerprint density at radius 1 is 1.27 bits per heavy atom. The molecule has 0 aliphatic carbocycles. The van der Waals surface area contributed by atoms with Gasteiger partial charge in [-0.25, -0.2) is 9.78 Å². The van der Waals surface area contributed by atoms with Crippen LogP contribution < -0.4 is 5.63 Å². The van der Waals surface area contributed by atoms with Crippen LogP contribution in [0, 0.1) is 6.92 Å². The van der Waals surface area contributed by atoms with Crippen molar-refractivity contribution in [2.75, 3.05) is 0 Å². The maximum atomic E-state index is 11.8. The Labute approximate surface area is 147 Å². The average Bonchev–Trinajstić information content (AvgIpc) is 3.05. The Morgan fingerprint density at radius 3 is 2.92 bits per heavy atom. The van der Waals surface area contributed by atoms with Gasteiger partial charge in [-0.1, -0.05) is 0 Å². The van der Waals surface area contributed by atoms with Crippen molar-refractivity contribution < 1.29 is 9.52 Å². The monoisotopic (exact) mass is 346 g/mol. The lowest BCUT2D eigenvalue weighted by molar-refractivity contribution is 0.433. The van der Waals surface area contributed by atoms with Crippen molar-refractivity contribution in [3.05, 3.63) is 70.5 Å². The molecule has 0 amide bonds.